The number of nitrogens with one attached hydrogen (secondary N) is 1. The number of hydrogen-bond donors (Lipinski definition) is 2. The van der Waals surface area contributed by atoms with Crippen LogP contribution < -0.4 is 11.2 Å². The van der Waals surface area contributed by atoms with Gasteiger partial charge in [-0.15, -0.1) is 0 Å². The summed E-state index contributed by atoms with van der Waals surface area (Å²) in [6.45, 7) is 5.73. The lowest BCUT2D eigenvalue weighted by molar-refractivity contribution is -0.122. The van der Waals surface area contributed by atoms with E-state index in [4.69, 9.17) is 5.73 Å². The zero-order chi connectivity index (χ0) is 11.9. The van der Waals surface area contributed by atoms with E-state index < -0.39 is 5.54 Å². The van der Waals surface area contributed by atoms with Crippen LogP contribution in [0.15, 0.2) is 12.1 Å². The van der Waals surface area contributed by atoms with E-state index in [0.717, 1.165) is 24.2 Å². The molecule has 2 rings (SSSR count). The summed E-state index contributed by atoms with van der Waals surface area (Å²) in [6.07, 6.45) is 2.12. The summed E-state index contributed by atoms with van der Waals surface area (Å²) in [5.74, 6) is 0.237. The molecule has 0 saturated heterocycles. The molecule has 0 aromatic carbocycles. The zero-order valence-electron chi connectivity index (χ0n) is 10.1. The lowest BCUT2D eigenvalue weighted by Gasteiger charge is -2.24. The van der Waals surface area contributed by atoms with Crippen molar-refractivity contribution in [2.45, 2.75) is 39.2 Å². The average Bonchev–Trinajstić information content (AvgIpc) is 3.01. The smallest absolute Gasteiger partial charge is 0.258 e. The van der Waals surface area contributed by atoms with Crippen molar-refractivity contribution >= 4 is 5.91 Å². The number of amides is 1. The summed E-state index contributed by atoms with van der Waals surface area (Å²) in [7, 11) is 0. The minimum absolute atomic E-state index is 0.0996. The van der Waals surface area contributed by atoms with Crippen molar-refractivity contribution in [3.63, 3.8) is 0 Å². The minimum atomic E-state index is -0.747. The molecule has 0 bridgehead atoms. The summed E-state index contributed by atoms with van der Waals surface area (Å²) in [6, 6.07) is 3.95. The van der Waals surface area contributed by atoms with Crippen LogP contribution in [-0.4, -0.2) is 16.1 Å². The Morgan fingerprint density at radius 2 is 1.94 bits per heavy atom. The number of carbonyl (C=O) groups is 1. The van der Waals surface area contributed by atoms with Crippen molar-refractivity contribution in [3.05, 3.63) is 23.5 Å². The monoisotopic (exact) mass is 221 g/mol. The van der Waals surface area contributed by atoms with Gasteiger partial charge < -0.3 is 5.73 Å². The summed E-state index contributed by atoms with van der Waals surface area (Å²) in [5.41, 5.74) is 10.2. The topological polar surface area (TPSA) is 60.0 Å². The van der Waals surface area contributed by atoms with E-state index >= 15 is 0 Å². The quantitative estimate of drug-likeness (QED) is 0.808. The normalized spacial score (nSPS) is 19.2. The van der Waals surface area contributed by atoms with Gasteiger partial charge in [-0.1, -0.05) is 0 Å². The van der Waals surface area contributed by atoms with Crippen molar-refractivity contribution in [3.8, 4) is 0 Å². The Morgan fingerprint density at radius 3 is 2.38 bits per heavy atom. The minimum Gasteiger partial charge on any atom is -0.317 e. The molecule has 4 nitrogen and oxygen atoms in total. The number of aromatic nitrogens is 1. The molecule has 4 heteroatoms. The van der Waals surface area contributed by atoms with E-state index in [1.165, 1.54) is 0 Å². The van der Waals surface area contributed by atoms with Gasteiger partial charge in [-0.25, -0.2) is 0 Å². The molecular formula is C12H19N3O. The molecule has 0 radical (unpaired) electrons. The molecule has 88 valence electrons. The standard InChI is InChI=1S/C12H19N3O/c1-8-4-5-9(2)15(8)14-11(16)12(3,13)10-6-7-10/h4-5,10H,6-7,13H2,1-3H3,(H,14,16). The number of hydrogen-bond acceptors (Lipinski definition) is 2. The first-order chi connectivity index (χ1) is 7.43. The predicted octanol–water partition coefficient (Wildman–Crippen LogP) is 1.30. The van der Waals surface area contributed by atoms with Crippen molar-refractivity contribution in [2.24, 2.45) is 11.7 Å². The number of aryl methyl sites for hydroxylation is 2. The SMILES string of the molecule is Cc1ccc(C)n1NC(=O)C(C)(N)C1CC1. The van der Waals surface area contributed by atoms with Crippen molar-refractivity contribution in [1.82, 2.24) is 4.68 Å². The Morgan fingerprint density at radius 1 is 1.44 bits per heavy atom. The van der Waals surface area contributed by atoms with Crippen LogP contribution in [0.1, 0.15) is 31.2 Å². The van der Waals surface area contributed by atoms with Crippen LogP contribution in [0.3, 0.4) is 0 Å². The summed E-state index contributed by atoms with van der Waals surface area (Å²) in [4.78, 5) is 12.1. The Balaban J connectivity index is 2.13. The van der Waals surface area contributed by atoms with Gasteiger partial charge in [0.05, 0.1) is 5.54 Å². The number of nitrogens with zero attached hydrogens (tertiary/aromatic N) is 1. The molecule has 1 aromatic rings. The molecule has 1 saturated carbocycles. The highest BCUT2D eigenvalue weighted by atomic mass is 16.2. The van der Waals surface area contributed by atoms with E-state index in [0.29, 0.717) is 5.92 Å². The Labute approximate surface area is 95.8 Å². The Hall–Kier alpha value is -1.29. The van der Waals surface area contributed by atoms with Gasteiger partial charge in [0.15, 0.2) is 0 Å². The highest BCUT2D eigenvalue weighted by Crippen LogP contribution is 2.38. The molecule has 1 aliphatic rings. The molecule has 1 amide bonds. The highest BCUT2D eigenvalue weighted by molar-refractivity contribution is 5.93. The third-order valence-electron chi connectivity index (χ3n) is 3.40. The lowest BCUT2D eigenvalue weighted by Crippen LogP contribution is -2.52. The van der Waals surface area contributed by atoms with E-state index in [-0.39, 0.29) is 5.91 Å². The van der Waals surface area contributed by atoms with E-state index in [1.807, 2.05) is 32.9 Å². The maximum absolute atomic E-state index is 12.1. The van der Waals surface area contributed by atoms with Gasteiger partial charge in [0.1, 0.15) is 0 Å². The van der Waals surface area contributed by atoms with Crippen LogP contribution in [0.5, 0.6) is 0 Å². The van der Waals surface area contributed by atoms with Crippen LogP contribution in [0.2, 0.25) is 0 Å². The van der Waals surface area contributed by atoms with Gasteiger partial charge in [-0.2, -0.15) is 0 Å². The second-order valence-electron chi connectivity index (χ2n) is 4.95. The molecule has 1 aliphatic carbocycles. The zero-order valence-corrected chi connectivity index (χ0v) is 10.1. The number of rotatable bonds is 3. The van der Waals surface area contributed by atoms with Crippen LogP contribution in [-0.2, 0) is 4.79 Å². The van der Waals surface area contributed by atoms with Crippen LogP contribution in [0.4, 0.5) is 0 Å². The Bertz CT molecular complexity index is 396. The maximum atomic E-state index is 12.1. The molecule has 3 N–H and O–H groups in total. The van der Waals surface area contributed by atoms with E-state index in [9.17, 15) is 4.79 Å². The predicted molar refractivity (Wildman–Crippen MR) is 63.6 cm³/mol. The fourth-order valence-electron chi connectivity index (χ4n) is 1.94. The van der Waals surface area contributed by atoms with Crippen molar-refractivity contribution in [1.29, 1.82) is 0 Å². The first kappa shape index (κ1) is 11.2. The fourth-order valence-corrected chi connectivity index (χ4v) is 1.94. The molecule has 0 aliphatic heterocycles. The second kappa shape index (κ2) is 3.63. The largest absolute Gasteiger partial charge is 0.317 e. The molecule has 1 fully saturated rings. The molecule has 16 heavy (non-hydrogen) atoms. The first-order valence-electron chi connectivity index (χ1n) is 5.68. The summed E-state index contributed by atoms with van der Waals surface area (Å²) >= 11 is 0. The van der Waals surface area contributed by atoms with Gasteiger partial charge in [0.25, 0.3) is 5.91 Å². The molecule has 0 spiro atoms. The molecular weight excluding hydrogens is 202 g/mol. The average molecular weight is 221 g/mol. The van der Waals surface area contributed by atoms with Crippen molar-refractivity contribution in [2.75, 3.05) is 5.43 Å². The van der Waals surface area contributed by atoms with Crippen LogP contribution in [0.25, 0.3) is 0 Å². The van der Waals surface area contributed by atoms with Gasteiger partial charge in [-0.05, 0) is 51.7 Å². The molecule has 1 heterocycles. The number of carbonyl (C=O) groups excluding carboxylic acids is 1. The van der Waals surface area contributed by atoms with Gasteiger partial charge >= 0.3 is 0 Å². The van der Waals surface area contributed by atoms with Crippen LogP contribution >= 0.6 is 0 Å². The third kappa shape index (κ3) is 1.85. The van der Waals surface area contributed by atoms with Gasteiger partial charge in [0, 0.05) is 11.4 Å². The highest BCUT2D eigenvalue weighted by Gasteiger charge is 2.44. The Kier molecular flexibility index (Phi) is 2.54. The third-order valence-corrected chi connectivity index (χ3v) is 3.40. The van der Waals surface area contributed by atoms with Gasteiger partial charge in [-0.3, -0.25) is 14.9 Å². The van der Waals surface area contributed by atoms with E-state index in [1.54, 1.807) is 4.68 Å². The molecule has 1 atom stereocenters. The summed E-state index contributed by atoms with van der Waals surface area (Å²) in [5, 5.41) is 0. The summed E-state index contributed by atoms with van der Waals surface area (Å²) < 4.78 is 1.79. The first-order valence-corrected chi connectivity index (χ1v) is 5.68. The van der Waals surface area contributed by atoms with Crippen LogP contribution in [0, 0.1) is 19.8 Å². The second-order valence-corrected chi connectivity index (χ2v) is 4.95. The van der Waals surface area contributed by atoms with Gasteiger partial charge in [0.2, 0.25) is 0 Å². The lowest BCUT2D eigenvalue weighted by atomic mass is 9.97. The maximum Gasteiger partial charge on any atom is 0.258 e. The molecule has 1 aromatic heterocycles. The fraction of sp³-hybridized carbons (Fsp3) is 0.583. The number of nitrogens with two attached hydrogens (primary N) is 1. The van der Waals surface area contributed by atoms with Crippen molar-refractivity contribution < 1.29 is 4.79 Å². The molecule has 1 unspecified atom stereocenters. The van der Waals surface area contributed by atoms with E-state index in [2.05, 4.69) is 5.43 Å².